The van der Waals surface area contributed by atoms with E-state index in [0.717, 1.165) is 29.8 Å². The standard InChI is InChI=1S/C16H16FN5O.C7H5ClN2.C2H6/c1-3-7-18-13-6-9-22(10-11(13)2)16-21-20-15(23-16)12-5-4-8-19-14(12)17;8-7-3-1-2-6-4-5-9-10(6)7;1-2/h4-5,8,18H,6,9-10H2,1-2H3;1-5H;1-2H3. The lowest BCUT2D eigenvalue weighted by molar-refractivity contribution is 0.528. The zero-order chi connectivity index (χ0) is 25.2. The number of hydrogen-bond acceptors (Lipinski definition) is 7. The van der Waals surface area contributed by atoms with Gasteiger partial charge in [-0.25, -0.2) is 9.50 Å². The molecule has 4 aromatic heterocycles. The Kier molecular flexibility index (Phi) is 9.21. The van der Waals surface area contributed by atoms with Crippen LogP contribution >= 0.6 is 11.6 Å². The monoisotopic (exact) mass is 495 g/mol. The summed E-state index contributed by atoms with van der Waals surface area (Å²) in [6.45, 7) is 9.20. The van der Waals surface area contributed by atoms with Gasteiger partial charge >= 0.3 is 6.01 Å². The number of anilines is 1. The smallest absolute Gasteiger partial charge is 0.318 e. The Labute approximate surface area is 208 Å². The summed E-state index contributed by atoms with van der Waals surface area (Å²) in [7, 11) is 0. The molecule has 0 spiro atoms. The molecule has 4 aromatic rings. The topological polar surface area (TPSA) is 84.4 Å². The van der Waals surface area contributed by atoms with Gasteiger partial charge in [-0.05, 0) is 49.8 Å². The van der Waals surface area contributed by atoms with E-state index in [-0.39, 0.29) is 11.5 Å². The lowest BCUT2D eigenvalue weighted by atomic mass is 10.1. The van der Waals surface area contributed by atoms with E-state index in [1.54, 1.807) is 29.8 Å². The third kappa shape index (κ3) is 6.37. The minimum atomic E-state index is -0.623. The van der Waals surface area contributed by atoms with Gasteiger partial charge in [0.2, 0.25) is 5.95 Å². The maximum atomic E-state index is 13.7. The molecule has 0 radical (unpaired) electrons. The molecule has 0 unspecified atom stereocenters. The highest BCUT2D eigenvalue weighted by Crippen LogP contribution is 2.26. The molecule has 5 heterocycles. The molecule has 1 N–H and O–H groups in total. The second-order valence-electron chi connectivity index (χ2n) is 7.18. The number of nitrogens with zero attached hydrogens (tertiary/aromatic N) is 6. The number of halogens is 2. The minimum Gasteiger partial charge on any atom is -0.403 e. The fraction of sp³-hybridized carbons (Fsp3) is 0.280. The number of fused-ring (bicyclic) bond motifs is 1. The van der Waals surface area contributed by atoms with E-state index >= 15 is 0 Å². The van der Waals surface area contributed by atoms with Gasteiger partial charge in [-0.3, -0.25) is 0 Å². The number of pyridine rings is 2. The molecule has 1 aliphatic heterocycles. The van der Waals surface area contributed by atoms with Crippen molar-refractivity contribution >= 4 is 23.1 Å². The fourth-order valence-electron chi connectivity index (χ4n) is 3.30. The van der Waals surface area contributed by atoms with Crippen LogP contribution in [0.2, 0.25) is 5.15 Å². The van der Waals surface area contributed by atoms with Crippen molar-refractivity contribution in [3.8, 4) is 23.4 Å². The molecule has 0 saturated carbocycles. The summed E-state index contributed by atoms with van der Waals surface area (Å²) in [5.74, 6) is 2.32. The molecule has 0 aliphatic carbocycles. The predicted molar refractivity (Wildman–Crippen MR) is 135 cm³/mol. The average molecular weight is 496 g/mol. The molecule has 182 valence electrons. The second kappa shape index (κ2) is 12.5. The van der Waals surface area contributed by atoms with E-state index in [9.17, 15) is 4.39 Å². The van der Waals surface area contributed by atoms with E-state index in [1.165, 1.54) is 6.20 Å². The van der Waals surface area contributed by atoms with Crippen molar-refractivity contribution in [2.45, 2.75) is 34.1 Å². The van der Waals surface area contributed by atoms with E-state index in [0.29, 0.717) is 17.7 Å². The molecule has 35 heavy (non-hydrogen) atoms. The van der Waals surface area contributed by atoms with Crippen LogP contribution in [0, 0.1) is 17.9 Å². The maximum Gasteiger partial charge on any atom is 0.318 e. The molecule has 0 atom stereocenters. The molecule has 0 fully saturated rings. The lowest BCUT2D eigenvalue weighted by Crippen LogP contribution is -2.33. The van der Waals surface area contributed by atoms with Crippen LogP contribution in [0.5, 0.6) is 0 Å². The highest BCUT2D eigenvalue weighted by atomic mass is 35.5. The maximum absolute atomic E-state index is 13.7. The minimum absolute atomic E-state index is 0.132. The van der Waals surface area contributed by atoms with Crippen LogP contribution in [0.15, 0.2) is 64.5 Å². The van der Waals surface area contributed by atoms with Gasteiger partial charge in [-0.15, -0.1) is 5.10 Å². The molecule has 0 saturated heterocycles. The molecular weight excluding hydrogens is 469 g/mol. The van der Waals surface area contributed by atoms with Crippen molar-refractivity contribution in [1.29, 1.82) is 0 Å². The zero-order valence-electron chi connectivity index (χ0n) is 20.1. The van der Waals surface area contributed by atoms with Crippen LogP contribution in [0.4, 0.5) is 10.4 Å². The van der Waals surface area contributed by atoms with Crippen molar-refractivity contribution in [1.82, 2.24) is 30.1 Å². The summed E-state index contributed by atoms with van der Waals surface area (Å²) in [5.41, 5.74) is 3.50. The molecule has 8 nitrogen and oxygen atoms in total. The molecule has 0 bridgehead atoms. The summed E-state index contributed by atoms with van der Waals surface area (Å²) >= 11 is 5.80. The van der Waals surface area contributed by atoms with Gasteiger partial charge in [0, 0.05) is 37.4 Å². The van der Waals surface area contributed by atoms with Gasteiger partial charge in [-0.2, -0.15) is 9.49 Å². The van der Waals surface area contributed by atoms with Crippen molar-refractivity contribution in [3.63, 3.8) is 0 Å². The van der Waals surface area contributed by atoms with Crippen LogP contribution in [-0.2, 0) is 0 Å². The second-order valence-corrected chi connectivity index (χ2v) is 7.57. The van der Waals surface area contributed by atoms with Crippen molar-refractivity contribution in [3.05, 3.63) is 71.2 Å². The van der Waals surface area contributed by atoms with Crippen LogP contribution < -0.4 is 10.2 Å². The Bertz CT molecular complexity index is 1350. The highest BCUT2D eigenvalue weighted by molar-refractivity contribution is 6.29. The largest absolute Gasteiger partial charge is 0.403 e. The molecule has 0 amide bonds. The summed E-state index contributed by atoms with van der Waals surface area (Å²) in [6.07, 6.45) is 3.91. The quantitative estimate of drug-likeness (QED) is 0.233. The molecule has 0 aromatic carbocycles. The van der Waals surface area contributed by atoms with E-state index in [2.05, 4.69) is 37.6 Å². The van der Waals surface area contributed by atoms with Crippen molar-refractivity contribution in [2.24, 2.45) is 0 Å². The Morgan fingerprint density at radius 2 is 1.94 bits per heavy atom. The van der Waals surface area contributed by atoms with Crippen LogP contribution in [0.3, 0.4) is 0 Å². The van der Waals surface area contributed by atoms with Gasteiger partial charge in [0.15, 0.2) is 0 Å². The van der Waals surface area contributed by atoms with Crippen LogP contribution in [0.25, 0.3) is 17.0 Å². The van der Waals surface area contributed by atoms with Gasteiger partial charge in [-0.1, -0.05) is 42.5 Å². The molecular formula is C25H27ClFN7O. The first-order valence-corrected chi connectivity index (χ1v) is 11.6. The first-order valence-electron chi connectivity index (χ1n) is 11.2. The highest BCUT2D eigenvalue weighted by Gasteiger charge is 2.22. The Morgan fingerprint density at radius 1 is 1.11 bits per heavy atom. The zero-order valence-corrected chi connectivity index (χ0v) is 20.8. The Morgan fingerprint density at radius 3 is 2.66 bits per heavy atom. The lowest BCUT2D eigenvalue weighted by Gasteiger charge is -2.27. The van der Waals surface area contributed by atoms with Crippen molar-refractivity contribution in [2.75, 3.05) is 18.0 Å². The summed E-state index contributed by atoms with van der Waals surface area (Å²) in [6, 6.07) is 14.0. The number of rotatable bonds is 3. The Balaban J connectivity index is 0.000000236. The first kappa shape index (κ1) is 25.7. The van der Waals surface area contributed by atoms with E-state index in [4.69, 9.17) is 16.0 Å². The number of nitrogens with one attached hydrogen (secondary N) is 1. The van der Waals surface area contributed by atoms with Gasteiger partial charge in [0.25, 0.3) is 5.89 Å². The predicted octanol–water partition coefficient (Wildman–Crippen LogP) is 5.34. The Hall–Kier alpha value is -3.90. The molecule has 1 aliphatic rings. The summed E-state index contributed by atoms with van der Waals surface area (Å²) in [5, 5.41) is 15.7. The van der Waals surface area contributed by atoms with Crippen molar-refractivity contribution < 1.29 is 8.81 Å². The third-order valence-electron chi connectivity index (χ3n) is 4.96. The van der Waals surface area contributed by atoms with E-state index in [1.807, 2.05) is 49.9 Å². The van der Waals surface area contributed by atoms with Gasteiger partial charge in [0.1, 0.15) is 5.15 Å². The summed E-state index contributed by atoms with van der Waals surface area (Å²) in [4.78, 5) is 5.55. The van der Waals surface area contributed by atoms with Crippen LogP contribution in [-0.4, -0.2) is 37.9 Å². The fourth-order valence-corrected chi connectivity index (χ4v) is 3.52. The van der Waals surface area contributed by atoms with Gasteiger partial charge < -0.3 is 14.6 Å². The summed E-state index contributed by atoms with van der Waals surface area (Å²) < 4.78 is 21.0. The first-order chi connectivity index (χ1) is 17.1. The number of aromatic nitrogens is 5. The SMILES string of the molecule is CC.CC#CNC1=C(C)CN(c2nnc(-c3cccnc3F)o2)CC1.Clc1cccc2ccnn12. The van der Waals surface area contributed by atoms with Gasteiger partial charge in [0.05, 0.1) is 17.3 Å². The van der Waals surface area contributed by atoms with E-state index < -0.39 is 5.95 Å². The average Bonchev–Trinajstić information content (AvgIpc) is 3.56. The third-order valence-corrected chi connectivity index (χ3v) is 5.25. The molecule has 5 rings (SSSR count). The van der Waals surface area contributed by atoms with Crippen LogP contribution in [0.1, 0.15) is 34.1 Å². The molecule has 10 heteroatoms. The number of hydrogen-bond donors (Lipinski definition) is 1. The normalized spacial score (nSPS) is 12.7.